The molecule has 0 spiro atoms. The number of hydrogen-bond acceptors (Lipinski definition) is 6. The number of hydrogen-bond donors (Lipinski definition) is 2. The number of sulfonamides is 1. The van der Waals surface area contributed by atoms with Crippen LogP contribution in [0.25, 0.3) is 0 Å². The van der Waals surface area contributed by atoms with Gasteiger partial charge in [-0.05, 0) is 49.8 Å². The third-order valence-electron chi connectivity index (χ3n) is 5.50. The second-order valence-corrected chi connectivity index (χ2v) is 10.0. The first-order valence-corrected chi connectivity index (χ1v) is 12.6. The van der Waals surface area contributed by atoms with Crippen LogP contribution in [0.2, 0.25) is 0 Å². The number of benzene rings is 1. The molecule has 0 saturated heterocycles. The summed E-state index contributed by atoms with van der Waals surface area (Å²) in [5.74, 6) is 1.27. The molecular formula is C22H31N3O6S. The Bertz CT molecular complexity index is 1090. The van der Waals surface area contributed by atoms with E-state index in [1.165, 1.54) is 42.5 Å². The van der Waals surface area contributed by atoms with Crippen LogP contribution in [0, 0.1) is 5.92 Å². The number of H-pyrrole nitrogens is 1. The largest absolute Gasteiger partial charge is 0.493 e. The summed E-state index contributed by atoms with van der Waals surface area (Å²) < 4.78 is 40.0. The minimum Gasteiger partial charge on any atom is -0.493 e. The highest BCUT2D eigenvalue weighted by molar-refractivity contribution is 7.89. The minimum atomic E-state index is -3.51. The molecule has 10 heteroatoms. The van der Waals surface area contributed by atoms with Crippen LogP contribution in [0.4, 0.5) is 0 Å². The summed E-state index contributed by atoms with van der Waals surface area (Å²) in [6.07, 6.45) is 6.55. The van der Waals surface area contributed by atoms with Crippen molar-refractivity contribution >= 4 is 10.0 Å². The number of nitrogens with one attached hydrogen (secondary N) is 2. The number of aromatic amines is 1. The second kappa shape index (κ2) is 11.4. The highest BCUT2D eigenvalue weighted by atomic mass is 32.2. The first-order valence-electron chi connectivity index (χ1n) is 10.9. The van der Waals surface area contributed by atoms with Crippen LogP contribution < -0.4 is 20.7 Å². The lowest BCUT2D eigenvalue weighted by Gasteiger charge is -2.17. The number of rotatable bonds is 12. The molecule has 1 aliphatic carbocycles. The van der Waals surface area contributed by atoms with Crippen molar-refractivity contribution in [2.24, 2.45) is 5.92 Å². The summed E-state index contributed by atoms with van der Waals surface area (Å²) in [7, 11) is -3.51. The van der Waals surface area contributed by atoms with E-state index in [1.807, 2.05) is 24.3 Å². The van der Waals surface area contributed by atoms with E-state index in [2.05, 4.69) is 9.71 Å². The predicted molar refractivity (Wildman–Crippen MR) is 121 cm³/mol. The van der Waals surface area contributed by atoms with Gasteiger partial charge in [-0.2, -0.15) is 0 Å². The molecule has 2 N–H and O–H groups in total. The normalized spacial score (nSPS) is 15.7. The molecular weight excluding hydrogens is 434 g/mol. The Balaban J connectivity index is 1.42. The van der Waals surface area contributed by atoms with E-state index in [1.54, 1.807) is 6.92 Å². The van der Waals surface area contributed by atoms with E-state index in [0.717, 1.165) is 11.3 Å². The predicted octanol–water partition coefficient (Wildman–Crippen LogP) is 2.15. The number of aromatic nitrogens is 2. The molecule has 0 radical (unpaired) electrons. The van der Waals surface area contributed by atoms with Gasteiger partial charge in [0.2, 0.25) is 10.0 Å². The number of ether oxygens (including phenoxy) is 2. The van der Waals surface area contributed by atoms with Crippen molar-refractivity contribution < 1.29 is 17.9 Å². The minimum absolute atomic E-state index is 0.0624. The fourth-order valence-electron chi connectivity index (χ4n) is 3.72. The van der Waals surface area contributed by atoms with Crippen LogP contribution >= 0.6 is 0 Å². The van der Waals surface area contributed by atoms with Gasteiger partial charge in [-0.25, -0.2) is 17.9 Å². The SMILES string of the molecule is C[C@@H](NS(=O)(=O)CCCOCn1ccc(=O)[nH]c1=O)c1cccc(OCC2CCCC2)c1. The van der Waals surface area contributed by atoms with Crippen LogP contribution in [0.3, 0.4) is 0 Å². The van der Waals surface area contributed by atoms with Gasteiger partial charge in [-0.1, -0.05) is 25.0 Å². The highest BCUT2D eigenvalue weighted by Crippen LogP contribution is 2.26. The molecule has 2 aromatic rings. The monoisotopic (exact) mass is 465 g/mol. The molecule has 9 nitrogen and oxygen atoms in total. The maximum atomic E-state index is 12.4. The van der Waals surface area contributed by atoms with Crippen molar-refractivity contribution in [2.45, 2.75) is 51.8 Å². The van der Waals surface area contributed by atoms with Crippen LogP contribution in [-0.4, -0.2) is 36.9 Å². The Kier molecular flexibility index (Phi) is 8.66. The molecule has 3 rings (SSSR count). The van der Waals surface area contributed by atoms with Gasteiger partial charge >= 0.3 is 5.69 Å². The van der Waals surface area contributed by atoms with Gasteiger partial charge in [0.15, 0.2) is 0 Å². The average Bonchev–Trinajstić information content (AvgIpc) is 3.27. The lowest BCUT2D eigenvalue weighted by atomic mass is 10.1. The quantitative estimate of drug-likeness (QED) is 0.464. The van der Waals surface area contributed by atoms with Crippen LogP contribution in [0.15, 0.2) is 46.1 Å². The zero-order valence-electron chi connectivity index (χ0n) is 18.3. The summed E-state index contributed by atoms with van der Waals surface area (Å²) in [4.78, 5) is 24.7. The molecule has 1 aromatic carbocycles. The van der Waals surface area contributed by atoms with Crippen LogP contribution in [0.1, 0.15) is 50.6 Å². The van der Waals surface area contributed by atoms with Gasteiger partial charge in [0, 0.05) is 24.9 Å². The van der Waals surface area contributed by atoms with Crippen molar-refractivity contribution in [1.29, 1.82) is 0 Å². The molecule has 0 aliphatic heterocycles. The smallest absolute Gasteiger partial charge is 0.330 e. The summed E-state index contributed by atoms with van der Waals surface area (Å²) in [6, 6.07) is 8.35. The first kappa shape index (κ1) is 24.2. The maximum Gasteiger partial charge on any atom is 0.330 e. The second-order valence-electron chi connectivity index (χ2n) is 8.16. The molecule has 1 aromatic heterocycles. The van der Waals surface area contributed by atoms with Gasteiger partial charge in [-0.15, -0.1) is 0 Å². The first-order chi connectivity index (χ1) is 15.3. The molecule has 32 heavy (non-hydrogen) atoms. The molecule has 1 heterocycles. The Morgan fingerprint density at radius 1 is 1.22 bits per heavy atom. The lowest BCUT2D eigenvalue weighted by Crippen LogP contribution is -2.30. The Hall–Kier alpha value is -2.43. The van der Waals surface area contributed by atoms with Crippen molar-refractivity contribution in [1.82, 2.24) is 14.3 Å². The zero-order chi connectivity index (χ0) is 23.0. The van der Waals surface area contributed by atoms with Crippen molar-refractivity contribution in [3.05, 3.63) is 62.9 Å². The van der Waals surface area contributed by atoms with Gasteiger partial charge in [0.25, 0.3) is 5.56 Å². The summed E-state index contributed by atoms with van der Waals surface area (Å²) in [5, 5.41) is 0. The van der Waals surface area contributed by atoms with Gasteiger partial charge in [0.1, 0.15) is 12.5 Å². The van der Waals surface area contributed by atoms with E-state index in [-0.39, 0.29) is 25.5 Å². The Morgan fingerprint density at radius 2 is 2.00 bits per heavy atom. The van der Waals surface area contributed by atoms with E-state index < -0.39 is 27.3 Å². The molecule has 176 valence electrons. The molecule has 0 unspecified atom stereocenters. The molecule has 0 bridgehead atoms. The van der Waals surface area contributed by atoms with Crippen molar-refractivity contribution in [3.63, 3.8) is 0 Å². The standard InChI is InChI=1S/C22H31N3O6S/c1-17(19-8-4-9-20(14-19)31-15-18-6-2-3-7-18)24-32(28,29)13-5-12-30-16-25-11-10-21(26)23-22(25)27/h4,8-11,14,17-18,24H,2-3,5-7,12-13,15-16H2,1H3,(H,23,26,27)/t17-/m1/s1. The van der Waals surface area contributed by atoms with E-state index in [0.29, 0.717) is 12.5 Å². The number of nitrogens with zero attached hydrogens (tertiary/aromatic N) is 1. The van der Waals surface area contributed by atoms with Crippen molar-refractivity contribution in [3.8, 4) is 5.75 Å². The average molecular weight is 466 g/mol. The third kappa shape index (κ3) is 7.61. The highest BCUT2D eigenvalue weighted by Gasteiger charge is 2.18. The topological polar surface area (TPSA) is 119 Å². The zero-order valence-corrected chi connectivity index (χ0v) is 19.1. The van der Waals surface area contributed by atoms with E-state index in [4.69, 9.17) is 9.47 Å². The van der Waals surface area contributed by atoms with E-state index >= 15 is 0 Å². The van der Waals surface area contributed by atoms with E-state index in [9.17, 15) is 18.0 Å². The third-order valence-corrected chi connectivity index (χ3v) is 7.04. The van der Waals surface area contributed by atoms with Crippen LogP contribution in [-0.2, 0) is 21.5 Å². The summed E-state index contributed by atoms with van der Waals surface area (Å²) in [5.41, 5.74) is -0.218. The fraction of sp³-hybridized carbons (Fsp3) is 0.545. The van der Waals surface area contributed by atoms with Crippen LogP contribution in [0.5, 0.6) is 5.75 Å². The molecule has 0 amide bonds. The molecule has 1 aliphatic rings. The lowest BCUT2D eigenvalue weighted by molar-refractivity contribution is 0.0744. The molecule has 1 fully saturated rings. The van der Waals surface area contributed by atoms with Crippen molar-refractivity contribution in [2.75, 3.05) is 19.0 Å². The molecule has 1 saturated carbocycles. The van der Waals surface area contributed by atoms with Gasteiger partial charge < -0.3 is 9.47 Å². The molecule has 1 atom stereocenters. The summed E-state index contributed by atoms with van der Waals surface area (Å²) >= 11 is 0. The Labute approximate surface area is 187 Å². The van der Waals surface area contributed by atoms with Gasteiger partial charge in [0.05, 0.1) is 12.4 Å². The fourth-order valence-corrected chi connectivity index (χ4v) is 5.01. The maximum absolute atomic E-state index is 12.4. The van der Waals surface area contributed by atoms with Gasteiger partial charge in [-0.3, -0.25) is 14.3 Å². The summed E-state index contributed by atoms with van der Waals surface area (Å²) in [6.45, 7) is 2.60. The Morgan fingerprint density at radius 3 is 2.75 bits per heavy atom.